The number of amides is 1. The van der Waals surface area contributed by atoms with Crippen LogP contribution in [0.25, 0.3) is 0 Å². The van der Waals surface area contributed by atoms with E-state index in [4.69, 9.17) is 14.2 Å². The van der Waals surface area contributed by atoms with E-state index in [1.54, 1.807) is 19.2 Å². The summed E-state index contributed by atoms with van der Waals surface area (Å²) in [5, 5.41) is 14.6. The summed E-state index contributed by atoms with van der Waals surface area (Å²) in [5.41, 5.74) is 5.43. The van der Waals surface area contributed by atoms with Crippen LogP contribution in [0.4, 0.5) is 0 Å². The molecule has 0 spiro atoms. The van der Waals surface area contributed by atoms with E-state index in [1.807, 2.05) is 25.1 Å². The molecule has 0 unspecified atom stereocenters. The maximum atomic E-state index is 12.0. The molecular formula is C22H24BrN2O6-. The second-order valence-corrected chi connectivity index (χ2v) is 7.49. The van der Waals surface area contributed by atoms with E-state index in [-0.39, 0.29) is 11.7 Å². The van der Waals surface area contributed by atoms with Crippen LogP contribution in [0.15, 0.2) is 39.9 Å². The van der Waals surface area contributed by atoms with Gasteiger partial charge in [-0.25, -0.2) is 5.43 Å². The predicted molar refractivity (Wildman–Crippen MR) is 118 cm³/mol. The minimum absolute atomic E-state index is 0.192. The molecule has 31 heavy (non-hydrogen) atoms. The summed E-state index contributed by atoms with van der Waals surface area (Å²) in [6.45, 7) is 1.41. The second kappa shape index (κ2) is 11.9. The quantitative estimate of drug-likeness (QED) is 0.381. The molecule has 1 amide bonds. The zero-order valence-corrected chi connectivity index (χ0v) is 19.2. The molecule has 0 aliphatic heterocycles. The number of hydrogen-bond donors (Lipinski definition) is 1. The second-order valence-electron chi connectivity index (χ2n) is 6.63. The van der Waals surface area contributed by atoms with Crippen LogP contribution in [0.2, 0.25) is 0 Å². The first-order valence-corrected chi connectivity index (χ1v) is 10.3. The molecule has 0 bridgehead atoms. The van der Waals surface area contributed by atoms with Crippen molar-refractivity contribution < 1.29 is 28.9 Å². The Morgan fingerprint density at radius 1 is 1.19 bits per heavy atom. The number of carbonyl (C=O) groups excluding carboxylic acids is 2. The third-order valence-corrected chi connectivity index (χ3v) is 4.98. The van der Waals surface area contributed by atoms with Crippen molar-refractivity contribution in [2.75, 3.05) is 20.8 Å². The van der Waals surface area contributed by atoms with E-state index in [0.29, 0.717) is 28.6 Å². The molecule has 0 atom stereocenters. The smallest absolute Gasteiger partial charge is 0.240 e. The maximum absolute atomic E-state index is 12.0. The van der Waals surface area contributed by atoms with Crippen molar-refractivity contribution in [2.45, 2.75) is 26.2 Å². The van der Waals surface area contributed by atoms with Gasteiger partial charge in [-0.1, -0.05) is 6.07 Å². The number of halogens is 1. The number of methoxy groups -OCH3 is 2. The fraction of sp³-hybridized carbons (Fsp3) is 0.318. The minimum Gasteiger partial charge on any atom is -0.546 e. The monoisotopic (exact) mass is 491 g/mol. The molecule has 0 aliphatic carbocycles. The van der Waals surface area contributed by atoms with Gasteiger partial charge >= 0.3 is 0 Å². The number of carboxylic acids is 1. The van der Waals surface area contributed by atoms with Crippen LogP contribution >= 0.6 is 15.9 Å². The van der Waals surface area contributed by atoms with Crippen molar-refractivity contribution in [3.8, 4) is 17.2 Å². The third-order valence-electron chi connectivity index (χ3n) is 4.39. The summed E-state index contributed by atoms with van der Waals surface area (Å²) in [6.07, 6.45) is 3.27. The van der Waals surface area contributed by atoms with Crippen LogP contribution in [0.3, 0.4) is 0 Å². The van der Waals surface area contributed by atoms with Gasteiger partial charge in [0.15, 0.2) is 11.5 Å². The highest BCUT2D eigenvalue weighted by molar-refractivity contribution is 9.10. The minimum atomic E-state index is -1.34. The summed E-state index contributed by atoms with van der Waals surface area (Å²) in [5.74, 6) is -0.165. The Bertz CT molecular complexity index is 961. The van der Waals surface area contributed by atoms with Gasteiger partial charge in [0, 0.05) is 6.42 Å². The van der Waals surface area contributed by atoms with Crippen LogP contribution in [-0.4, -0.2) is 38.9 Å². The molecule has 2 aromatic rings. The number of carboxylic acid groups (broad SMARTS) is 1. The van der Waals surface area contributed by atoms with Crippen LogP contribution in [-0.2, 0) is 16.0 Å². The number of carbonyl (C=O) groups is 2. The summed E-state index contributed by atoms with van der Waals surface area (Å²) < 4.78 is 16.1. The average molecular weight is 492 g/mol. The highest BCUT2D eigenvalue weighted by Gasteiger charge is 2.11. The highest BCUT2D eigenvalue weighted by atomic mass is 79.9. The molecule has 2 rings (SSSR count). The topological polar surface area (TPSA) is 109 Å². The lowest BCUT2D eigenvalue weighted by Gasteiger charge is -2.13. The molecule has 166 valence electrons. The number of nitrogens with one attached hydrogen (secondary N) is 1. The first kappa shape index (κ1) is 24.2. The van der Waals surface area contributed by atoms with Crippen molar-refractivity contribution >= 4 is 34.0 Å². The summed E-state index contributed by atoms with van der Waals surface area (Å²) in [4.78, 5) is 22.6. The van der Waals surface area contributed by atoms with E-state index < -0.39 is 12.6 Å². The molecule has 9 heteroatoms. The molecule has 0 fully saturated rings. The fourth-order valence-electron chi connectivity index (χ4n) is 2.84. The average Bonchev–Trinajstić information content (AvgIpc) is 2.73. The summed E-state index contributed by atoms with van der Waals surface area (Å²) >= 11 is 3.31. The Kier molecular flexibility index (Phi) is 9.33. The Balaban J connectivity index is 1.88. The predicted octanol–water partition coefficient (Wildman–Crippen LogP) is 2.38. The van der Waals surface area contributed by atoms with Crippen LogP contribution in [0.5, 0.6) is 17.2 Å². The zero-order chi connectivity index (χ0) is 22.8. The molecular weight excluding hydrogens is 468 g/mol. The van der Waals surface area contributed by atoms with Crippen LogP contribution < -0.4 is 24.7 Å². The van der Waals surface area contributed by atoms with Gasteiger partial charge in [0.2, 0.25) is 5.91 Å². The molecule has 1 N–H and O–H groups in total. The van der Waals surface area contributed by atoms with Crippen molar-refractivity contribution in [2.24, 2.45) is 5.10 Å². The van der Waals surface area contributed by atoms with Crippen LogP contribution in [0, 0.1) is 6.92 Å². The molecule has 0 heterocycles. The number of aryl methyl sites for hydroxylation is 2. The van der Waals surface area contributed by atoms with E-state index in [9.17, 15) is 14.7 Å². The van der Waals surface area contributed by atoms with Gasteiger partial charge in [-0.15, -0.1) is 0 Å². The molecule has 0 aliphatic rings. The van der Waals surface area contributed by atoms with Gasteiger partial charge in [0.05, 0.1) is 30.9 Å². The van der Waals surface area contributed by atoms with Crippen molar-refractivity contribution in [1.29, 1.82) is 0 Å². The van der Waals surface area contributed by atoms with Gasteiger partial charge in [0.1, 0.15) is 12.4 Å². The molecule has 8 nitrogen and oxygen atoms in total. The number of rotatable bonds is 11. The van der Waals surface area contributed by atoms with E-state index in [2.05, 4.69) is 26.5 Å². The Labute approximate surface area is 189 Å². The van der Waals surface area contributed by atoms with E-state index >= 15 is 0 Å². The molecule has 0 saturated heterocycles. The van der Waals surface area contributed by atoms with Gasteiger partial charge in [-0.2, -0.15) is 5.10 Å². The lowest BCUT2D eigenvalue weighted by atomic mass is 10.0. The van der Waals surface area contributed by atoms with E-state index in [0.717, 1.165) is 17.7 Å². The fourth-order valence-corrected chi connectivity index (χ4v) is 3.41. The van der Waals surface area contributed by atoms with Crippen LogP contribution in [0.1, 0.15) is 29.5 Å². The number of benzene rings is 2. The van der Waals surface area contributed by atoms with Gasteiger partial charge in [0.25, 0.3) is 0 Å². The number of nitrogens with zero attached hydrogens (tertiary/aromatic N) is 1. The Hall–Kier alpha value is -3.07. The Morgan fingerprint density at radius 2 is 1.97 bits per heavy atom. The maximum Gasteiger partial charge on any atom is 0.240 e. The first-order chi connectivity index (χ1) is 14.8. The first-order valence-electron chi connectivity index (χ1n) is 9.49. The van der Waals surface area contributed by atoms with E-state index in [1.165, 1.54) is 18.9 Å². The van der Waals surface area contributed by atoms with Crippen molar-refractivity contribution in [3.05, 3.63) is 51.5 Å². The normalized spacial score (nSPS) is 10.7. The van der Waals surface area contributed by atoms with Gasteiger partial charge < -0.3 is 24.1 Å². The highest BCUT2D eigenvalue weighted by Crippen LogP contribution is 2.36. The van der Waals surface area contributed by atoms with Gasteiger partial charge in [-0.05, 0) is 76.7 Å². The molecule has 0 aromatic heterocycles. The Morgan fingerprint density at radius 3 is 2.61 bits per heavy atom. The number of ether oxygens (including phenoxy) is 3. The third kappa shape index (κ3) is 7.60. The number of aliphatic carboxylic acids is 1. The molecule has 0 saturated carbocycles. The zero-order valence-electron chi connectivity index (χ0n) is 17.6. The van der Waals surface area contributed by atoms with Crippen molar-refractivity contribution in [3.63, 3.8) is 0 Å². The largest absolute Gasteiger partial charge is 0.546 e. The molecule has 2 aromatic carbocycles. The summed E-state index contributed by atoms with van der Waals surface area (Å²) in [6, 6.07) is 9.16. The number of hydrazone groups is 1. The SMILES string of the molecule is COc1ccc(CCCC(=O)NN=Cc2cc(Br)c(OCC(=O)[O-])c(OC)c2)c(C)c1. The molecule has 0 radical (unpaired) electrons. The number of hydrogen-bond acceptors (Lipinski definition) is 7. The van der Waals surface area contributed by atoms with Gasteiger partial charge in [-0.3, -0.25) is 4.79 Å². The lowest BCUT2D eigenvalue weighted by molar-refractivity contribution is -0.307. The standard InChI is InChI=1S/C22H25BrN2O6/c1-14-9-17(29-2)8-7-16(14)5-4-6-20(26)25-24-12-15-10-18(23)22(19(11-15)30-3)31-13-21(27)28/h7-12H,4-6,13H2,1-3H3,(H,25,26)(H,27,28)/p-1. The van der Waals surface area contributed by atoms with Crippen molar-refractivity contribution in [1.82, 2.24) is 5.43 Å². The summed E-state index contributed by atoms with van der Waals surface area (Å²) in [7, 11) is 3.06. The lowest BCUT2D eigenvalue weighted by Crippen LogP contribution is -2.29.